The van der Waals surface area contributed by atoms with Gasteiger partial charge in [0.1, 0.15) is 41.9 Å². The lowest BCUT2D eigenvalue weighted by atomic mass is 9.65. The van der Waals surface area contributed by atoms with Gasteiger partial charge in [-0.25, -0.2) is 14.5 Å². The van der Waals surface area contributed by atoms with Gasteiger partial charge in [0.15, 0.2) is 0 Å². The summed E-state index contributed by atoms with van der Waals surface area (Å²) in [5.41, 5.74) is 1.29. The molecule has 0 bridgehead atoms. The smallest absolute Gasteiger partial charge is 0.329 e. The lowest BCUT2D eigenvalue weighted by molar-refractivity contribution is -0.179. The van der Waals surface area contributed by atoms with Crippen LogP contribution in [0.4, 0.5) is 10.5 Å². The summed E-state index contributed by atoms with van der Waals surface area (Å²) in [6.45, 7) is 3.22. The summed E-state index contributed by atoms with van der Waals surface area (Å²) >= 11 is 0. The molecule has 2 saturated heterocycles. The molecule has 13 nitrogen and oxygen atoms in total. The van der Waals surface area contributed by atoms with E-state index in [1.54, 1.807) is 61.2 Å². The molecule has 3 aliphatic heterocycles. The maximum atomic E-state index is 16.1. The summed E-state index contributed by atoms with van der Waals surface area (Å²) < 4.78 is 17.1. The molecule has 324 valence electrons. The topological polar surface area (TPSA) is 172 Å². The number of hydrogen-bond donors (Lipinski definition) is 3. The van der Waals surface area contributed by atoms with Gasteiger partial charge < -0.3 is 29.7 Å². The number of aliphatic hydroxyl groups is 1. The number of carboxylic acid groups (broad SMARTS) is 1. The first-order valence-electron chi connectivity index (χ1n) is 21.2. The third kappa shape index (κ3) is 7.63. The average molecular weight is 852 g/mol. The van der Waals surface area contributed by atoms with Crippen molar-refractivity contribution >= 4 is 35.5 Å². The standard InChI is InChI=1S/C50H49N3O10/c1-30(2)40(46(57)61-3)51-49(60)52-38-26-21-32(20-19-31-13-7-4-8-14-31)29-37(38)50(48(52)59)39(45(55)56)42-47(58)63-43(34-17-11-6-12-18-34)41(33-15-9-5-10-16-33)53(42)44(50)35-22-24-36(25-23-35)62-28-27-54/h5-6,9-13,15-18,21-26,29-30,39-44,54H,4,7-8,14,27-28H2,1-3H3,(H,51,60)(H,55,56)/t39-,40+,41-,42-,43+,44+,50-/m1/s1. The molecule has 4 aliphatic rings. The zero-order chi connectivity index (χ0) is 44.4. The predicted molar refractivity (Wildman–Crippen MR) is 231 cm³/mol. The van der Waals surface area contributed by atoms with Gasteiger partial charge in [0.05, 0.1) is 31.5 Å². The number of hydrogen-bond acceptors (Lipinski definition) is 10. The number of fused-ring (bicyclic) bond motifs is 3. The van der Waals surface area contributed by atoms with Crippen LogP contribution < -0.4 is 15.0 Å². The van der Waals surface area contributed by atoms with Crippen molar-refractivity contribution in [3.63, 3.8) is 0 Å². The third-order valence-electron chi connectivity index (χ3n) is 12.5. The number of carbonyl (C=O) groups is 5. The minimum absolute atomic E-state index is 0.0161. The van der Waals surface area contributed by atoms with Crippen molar-refractivity contribution in [1.82, 2.24) is 10.2 Å². The van der Waals surface area contributed by atoms with E-state index in [1.165, 1.54) is 7.11 Å². The molecule has 4 aromatic carbocycles. The van der Waals surface area contributed by atoms with Gasteiger partial charge in [-0.1, -0.05) is 105 Å². The second kappa shape index (κ2) is 17.9. The number of imide groups is 1. The number of nitrogens with one attached hydrogen (secondary N) is 1. The molecular weight excluding hydrogens is 803 g/mol. The highest BCUT2D eigenvalue weighted by atomic mass is 16.6. The lowest BCUT2D eigenvalue weighted by Crippen LogP contribution is -2.56. The summed E-state index contributed by atoms with van der Waals surface area (Å²) in [6.07, 6.45) is 4.94. The highest BCUT2D eigenvalue weighted by Gasteiger charge is 2.76. The lowest BCUT2D eigenvalue weighted by Gasteiger charge is -2.46. The Morgan fingerprint density at radius 1 is 0.889 bits per heavy atom. The Kier molecular flexibility index (Phi) is 12.2. The number of anilines is 1. The number of ether oxygens (including phenoxy) is 3. The molecule has 7 atom stereocenters. The highest BCUT2D eigenvalue weighted by Crippen LogP contribution is 2.66. The van der Waals surface area contributed by atoms with Crippen molar-refractivity contribution in [3.8, 4) is 17.6 Å². The summed E-state index contributed by atoms with van der Waals surface area (Å²) in [5, 5.41) is 23.8. The van der Waals surface area contributed by atoms with Crippen molar-refractivity contribution in [1.29, 1.82) is 0 Å². The van der Waals surface area contributed by atoms with Crippen LogP contribution in [0.2, 0.25) is 0 Å². The van der Waals surface area contributed by atoms with E-state index in [-0.39, 0.29) is 24.5 Å². The molecule has 2 fully saturated rings. The molecule has 63 heavy (non-hydrogen) atoms. The SMILES string of the molecule is COC(=O)[C@@H](NC(=O)N1C(=O)[C@@]2(c3cc(C#CC4=CCCCC4)ccc31)[C@H](c1ccc(OCCO)cc1)N1[C@H](c3ccccc3)[C@H](c3ccccc3)OC(=O)[C@H]1[C@@H]2C(=O)O)C(C)C. The molecule has 0 aromatic heterocycles. The minimum Gasteiger partial charge on any atom is -0.491 e. The maximum Gasteiger partial charge on any atom is 0.329 e. The van der Waals surface area contributed by atoms with Gasteiger partial charge in [0, 0.05) is 5.56 Å². The number of amides is 3. The van der Waals surface area contributed by atoms with Gasteiger partial charge in [0.25, 0.3) is 0 Å². The second-order valence-corrected chi connectivity index (χ2v) is 16.5. The van der Waals surface area contributed by atoms with E-state index in [0.717, 1.165) is 36.2 Å². The fourth-order valence-electron chi connectivity index (χ4n) is 9.80. The molecule has 3 amide bonds. The molecule has 8 rings (SSSR count). The molecule has 1 spiro atoms. The van der Waals surface area contributed by atoms with Crippen LogP contribution in [0, 0.1) is 23.7 Å². The van der Waals surface area contributed by atoms with Crippen LogP contribution in [0.1, 0.15) is 85.5 Å². The molecule has 0 radical (unpaired) electrons. The van der Waals surface area contributed by atoms with Crippen LogP contribution in [0.5, 0.6) is 5.75 Å². The van der Waals surface area contributed by atoms with Gasteiger partial charge in [-0.15, -0.1) is 0 Å². The van der Waals surface area contributed by atoms with Gasteiger partial charge >= 0.3 is 23.9 Å². The van der Waals surface area contributed by atoms with E-state index in [4.69, 9.17) is 14.2 Å². The van der Waals surface area contributed by atoms with E-state index in [9.17, 15) is 29.4 Å². The molecule has 1 aliphatic carbocycles. The highest BCUT2D eigenvalue weighted by molar-refractivity contribution is 6.24. The Morgan fingerprint density at radius 2 is 1.59 bits per heavy atom. The molecule has 3 N–H and O–H groups in total. The Morgan fingerprint density at radius 3 is 2.21 bits per heavy atom. The maximum absolute atomic E-state index is 16.1. The monoisotopic (exact) mass is 851 g/mol. The van der Waals surface area contributed by atoms with Crippen molar-refractivity contribution in [2.45, 2.75) is 75.2 Å². The zero-order valence-electron chi connectivity index (χ0n) is 35.2. The Hall–Kier alpha value is -6.75. The first-order chi connectivity index (χ1) is 30.5. The normalized spacial score (nSPS) is 24.4. The first-order valence-corrected chi connectivity index (χ1v) is 21.2. The van der Waals surface area contributed by atoms with Crippen molar-refractivity contribution in [2.75, 3.05) is 25.2 Å². The van der Waals surface area contributed by atoms with Crippen molar-refractivity contribution in [2.24, 2.45) is 11.8 Å². The van der Waals surface area contributed by atoms with Crippen LogP contribution >= 0.6 is 0 Å². The first kappa shape index (κ1) is 42.9. The van der Waals surface area contributed by atoms with Crippen LogP contribution in [0.15, 0.2) is 115 Å². The number of urea groups is 1. The molecular formula is C50H49N3O10. The number of benzene rings is 4. The number of carbonyl (C=O) groups excluding carboxylic acids is 4. The van der Waals surface area contributed by atoms with Gasteiger partial charge in [0.2, 0.25) is 5.91 Å². The summed E-state index contributed by atoms with van der Waals surface area (Å²) in [6, 6.07) is 24.3. The molecule has 4 aromatic rings. The van der Waals surface area contributed by atoms with Gasteiger partial charge in [-0.2, -0.15) is 0 Å². The molecule has 0 saturated carbocycles. The van der Waals surface area contributed by atoms with E-state index in [2.05, 4.69) is 23.2 Å². The Balaban J connectivity index is 1.42. The Labute approximate surface area is 365 Å². The van der Waals surface area contributed by atoms with Crippen LogP contribution in [-0.2, 0) is 34.1 Å². The molecule has 3 heterocycles. The summed E-state index contributed by atoms with van der Waals surface area (Å²) in [7, 11) is 1.20. The number of methoxy groups -OCH3 is 1. The van der Waals surface area contributed by atoms with E-state index < -0.39 is 77.4 Å². The van der Waals surface area contributed by atoms with Crippen LogP contribution in [-0.4, -0.2) is 77.4 Å². The van der Waals surface area contributed by atoms with Crippen LogP contribution in [0.3, 0.4) is 0 Å². The molecule has 0 unspecified atom stereocenters. The number of esters is 2. The van der Waals surface area contributed by atoms with Crippen molar-refractivity contribution < 1.29 is 48.4 Å². The van der Waals surface area contributed by atoms with Gasteiger partial charge in [-0.05, 0) is 89.8 Å². The van der Waals surface area contributed by atoms with Crippen LogP contribution in [0.25, 0.3) is 0 Å². The summed E-state index contributed by atoms with van der Waals surface area (Å²) in [4.78, 5) is 75.7. The Bertz CT molecular complexity index is 2500. The quantitative estimate of drug-likeness (QED) is 0.117. The number of nitrogens with zero attached hydrogens (tertiary/aromatic N) is 2. The average Bonchev–Trinajstić information content (AvgIpc) is 3.76. The zero-order valence-corrected chi connectivity index (χ0v) is 35.2. The number of aliphatic hydroxyl groups excluding tert-OH is 1. The fraction of sp³-hybridized carbons (Fsp3) is 0.340. The number of morpholine rings is 1. The van der Waals surface area contributed by atoms with E-state index >= 15 is 4.79 Å². The number of aliphatic carboxylic acids is 1. The predicted octanol–water partition coefficient (Wildman–Crippen LogP) is 6.57. The van der Waals surface area contributed by atoms with E-state index in [1.807, 2.05) is 60.7 Å². The van der Waals surface area contributed by atoms with Gasteiger partial charge in [-0.3, -0.25) is 19.3 Å². The number of rotatable bonds is 10. The van der Waals surface area contributed by atoms with Crippen molar-refractivity contribution in [3.05, 3.63) is 143 Å². The largest absolute Gasteiger partial charge is 0.491 e. The summed E-state index contributed by atoms with van der Waals surface area (Å²) in [5.74, 6) is 0.683. The van der Waals surface area contributed by atoms with E-state index in [0.29, 0.717) is 28.0 Å². The number of allylic oxidation sites excluding steroid dienone is 2. The number of carboxylic acids is 1. The fourth-order valence-corrected chi connectivity index (χ4v) is 9.80. The second-order valence-electron chi connectivity index (χ2n) is 16.5. The third-order valence-corrected chi connectivity index (χ3v) is 12.5. The molecule has 13 heteroatoms. The minimum atomic E-state index is -2.19. The number of cyclic esters (lactones) is 1.